The summed E-state index contributed by atoms with van der Waals surface area (Å²) in [5.74, 6) is 1.41. The van der Waals surface area contributed by atoms with Crippen LogP contribution in [0.15, 0.2) is 4.52 Å². The van der Waals surface area contributed by atoms with E-state index in [9.17, 15) is 0 Å². The molecule has 1 aromatic heterocycles. The number of nitrogens with zero attached hydrogens (tertiary/aromatic N) is 2. The maximum absolute atomic E-state index is 5.22. The summed E-state index contributed by atoms with van der Waals surface area (Å²) in [6.45, 7) is 4.05. The first kappa shape index (κ1) is 10.6. The van der Waals surface area contributed by atoms with Gasteiger partial charge < -0.3 is 14.6 Å². The average molecular weight is 211 g/mol. The van der Waals surface area contributed by atoms with E-state index in [4.69, 9.17) is 9.26 Å². The van der Waals surface area contributed by atoms with Crippen LogP contribution in [0.2, 0.25) is 0 Å². The van der Waals surface area contributed by atoms with E-state index in [-0.39, 0.29) is 0 Å². The largest absolute Gasteiger partial charge is 0.381 e. The van der Waals surface area contributed by atoms with Gasteiger partial charge in [-0.25, -0.2) is 0 Å². The summed E-state index contributed by atoms with van der Waals surface area (Å²) < 4.78 is 10.3. The van der Waals surface area contributed by atoms with Gasteiger partial charge in [0, 0.05) is 19.1 Å². The Bertz CT molecular complexity index is 297. The molecule has 0 spiro atoms. The van der Waals surface area contributed by atoms with Crippen LogP contribution in [0.3, 0.4) is 0 Å². The molecular formula is C10H17N3O2. The third-order valence-corrected chi connectivity index (χ3v) is 2.30. The van der Waals surface area contributed by atoms with Crippen LogP contribution in [-0.4, -0.2) is 29.4 Å². The van der Waals surface area contributed by atoms with Gasteiger partial charge in [-0.1, -0.05) is 5.16 Å². The predicted molar refractivity (Wildman–Crippen MR) is 54.4 cm³/mol. The van der Waals surface area contributed by atoms with Crippen LogP contribution in [0.1, 0.15) is 31.5 Å². The Labute approximate surface area is 89.2 Å². The van der Waals surface area contributed by atoms with Gasteiger partial charge in [-0.15, -0.1) is 0 Å². The summed E-state index contributed by atoms with van der Waals surface area (Å²) in [7, 11) is 0. The van der Waals surface area contributed by atoms with Crippen molar-refractivity contribution < 1.29 is 9.26 Å². The third kappa shape index (κ3) is 3.60. The molecule has 5 heteroatoms. The molecule has 0 atom stereocenters. The van der Waals surface area contributed by atoms with Gasteiger partial charge in [0.05, 0.1) is 13.2 Å². The molecule has 0 unspecified atom stereocenters. The number of ether oxygens (including phenoxy) is 1. The van der Waals surface area contributed by atoms with E-state index in [0.717, 1.165) is 18.9 Å². The number of nitrogens with one attached hydrogen (secondary N) is 1. The number of hydrogen-bond donors (Lipinski definition) is 1. The van der Waals surface area contributed by atoms with Crippen molar-refractivity contribution >= 4 is 0 Å². The Morgan fingerprint density at radius 3 is 3.13 bits per heavy atom. The summed E-state index contributed by atoms with van der Waals surface area (Å²) in [5, 5.41) is 7.21. The minimum Gasteiger partial charge on any atom is -0.381 e. The molecule has 5 nitrogen and oxygen atoms in total. The van der Waals surface area contributed by atoms with Crippen LogP contribution in [0, 0.1) is 0 Å². The molecule has 1 aromatic rings. The summed E-state index contributed by atoms with van der Waals surface area (Å²) in [6.07, 6.45) is 3.26. The minimum atomic E-state index is 0.658. The SMILES string of the molecule is CCOCCc1noc(CNC2CC2)n1. The molecule has 2 rings (SSSR count). The second-order valence-corrected chi connectivity index (χ2v) is 3.71. The molecular weight excluding hydrogens is 194 g/mol. The molecule has 0 radical (unpaired) electrons. The maximum Gasteiger partial charge on any atom is 0.240 e. The fraction of sp³-hybridized carbons (Fsp3) is 0.800. The van der Waals surface area contributed by atoms with Crippen molar-refractivity contribution in [2.45, 2.75) is 38.8 Å². The van der Waals surface area contributed by atoms with E-state index in [1.165, 1.54) is 12.8 Å². The first-order valence-corrected chi connectivity index (χ1v) is 5.51. The molecule has 0 bridgehead atoms. The smallest absolute Gasteiger partial charge is 0.240 e. The zero-order chi connectivity index (χ0) is 10.5. The monoisotopic (exact) mass is 211 g/mol. The highest BCUT2D eigenvalue weighted by molar-refractivity contribution is 4.89. The van der Waals surface area contributed by atoms with Gasteiger partial charge in [0.15, 0.2) is 5.82 Å². The highest BCUT2D eigenvalue weighted by Gasteiger charge is 2.21. The summed E-state index contributed by atoms with van der Waals surface area (Å²) in [5.41, 5.74) is 0. The molecule has 1 aliphatic carbocycles. The molecule has 0 aromatic carbocycles. The second-order valence-electron chi connectivity index (χ2n) is 3.71. The normalized spacial score (nSPS) is 15.8. The average Bonchev–Trinajstić information content (AvgIpc) is 2.97. The van der Waals surface area contributed by atoms with Crippen molar-refractivity contribution in [1.29, 1.82) is 0 Å². The van der Waals surface area contributed by atoms with E-state index in [1.807, 2.05) is 6.92 Å². The lowest BCUT2D eigenvalue weighted by molar-refractivity contribution is 0.149. The van der Waals surface area contributed by atoms with Gasteiger partial charge in [-0.2, -0.15) is 4.98 Å². The van der Waals surface area contributed by atoms with Gasteiger partial charge in [-0.3, -0.25) is 0 Å². The molecule has 0 aliphatic heterocycles. The molecule has 0 amide bonds. The van der Waals surface area contributed by atoms with E-state index in [1.54, 1.807) is 0 Å². The molecule has 1 aliphatic rings. The van der Waals surface area contributed by atoms with Gasteiger partial charge in [-0.05, 0) is 19.8 Å². The zero-order valence-corrected chi connectivity index (χ0v) is 9.03. The van der Waals surface area contributed by atoms with Crippen molar-refractivity contribution in [3.8, 4) is 0 Å². The lowest BCUT2D eigenvalue weighted by atomic mass is 10.4. The summed E-state index contributed by atoms with van der Waals surface area (Å²) in [4.78, 5) is 4.26. The van der Waals surface area contributed by atoms with Gasteiger partial charge in [0.25, 0.3) is 0 Å². The molecule has 1 saturated carbocycles. The minimum absolute atomic E-state index is 0.658. The fourth-order valence-corrected chi connectivity index (χ4v) is 1.29. The highest BCUT2D eigenvalue weighted by Crippen LogP contribution is 2.18. The van der Waals surface area contributed by atoms with Crippen molar-refractivity contribution in [2.75, 3.05) is 13.2 Å². The van der Waals surface area contributed by atoms with Crippen LogP contribution in [0.5, 0.6) is 0 Å². The van der Waals surface area contributed by atoms with E-state index in [2.05, 4.69) is 15.5 Å². The Morgan fingerprint density at radius 2 is 2.40 bits per heavy atom. The molecule has 84 valence electrons. The van der Waals surface area contributed by atoms with E-state index in [0.29, 0.717) is 25.1 Å². The number of hydrogen-bond acceptors (Lipinski definition) is 5. The summed E-state index contributed by atoms with van der Waals surface area (Å²) in [6, 6.07) is 0.670. The number of rotatable bonds is 7. The Balaban J connectivity index is 1.70. The number of aromatic nitrogens is 2. The van der Waals surface area contributed by atoms with E-state index >= 15 is 0 Å². The second kappa shape index (κ2) is 5.23. The van der Waals surface area contributed by atoms with Crippen molar-refractivity contribution in [1.82, 2.24) is 15.5 Å². The van der Waals surface area contributed by atoms with Crippen molar-refractivity contribution in [3.63, 3.8) is 0 Å². The van der Waals surface area contributed by atoms with E-state index < -0.39 is 0 Å². The van der Waals surface area contributed by atoms with Gasteiger partial charge in [0.1, 0.15) is 0 Å². The topological polar surface area (TPSA) is 60.2 Å². The molecule has 1 N–H and O–H groups in total. The van der Waals surface area contributed by atoms with Crippen molar-refractivity contribution in [3.05, 3.63) is 11.7 Å². The lowest BCUT2D eigenvalue weighted by Gasteiger charge is -1.95. The third-order valence-electron chi connectivity index (χ3n) is 2.30. The van der Waals surface area contributed by atoms with Gasteiger partial charge in [0.2, 0.25) is 5.89 Å². The predicted octanol–water partition coefficient (Wildman–Crippen LogP) is 0.901. The molecule has 1 heterocycles. The quantitative estimate of drug-likeness (QED) is 0.679. The maximum atomic E-state index is 5.22. The van der Waals surface area contributed by atoms with Crippen LogP contribution in [-0.2, 0) is 17.7 Å². The zero-order valence-electron chi connectivity index (χ0n) is 9.03. The lowest BCUT2D eigenvalue weighted by Crippen LogP contribution is -2.15. The first-order chi connectivity index (χ1) is 7.38. The Kier molecular flexibility index (Phi) is 3.69. The molecule has 15 heavy (non-hydrogen) atoms. The standard InChI is InChI=1S/C10H17N3O2/c1-2-14-6-5-9-12-10(15-13-9)7-11-8-3-4-8/h8,11H,2-7H2,1H3. The fourth-order valence-electron chi connectivity index (χ4n) is 1.29. The van der Waals surface area contributed by atoms with Crippen LogP contribution < -0.4 is 5.32 Å². The molecule has 1 fully saturated rings. The van der Waals surface area contributed by atoms with Crippen LogP contribution in [0.4, 0.5) is 0 Å². The van der Waals surface area contributed by atoms with Crippen LogP contribution in [0.25, 0.3) is 0 Å². The highest BCUT2D eigenvalue weighted by atomic mass is 16.5. The van der Waals surface area contributed by atoms with Gasteiger partial charge >= 0.3 is 0 Å². The van der Waals surface area contributed by atoms with Crippen LogP contribution >= 0.6 is 0 Å². The Morgan fingerprint density at radius 1 is 1.53 bits per heavy atom. The van der Waals surface area contributed by atoms with Crippen molar-refractivity contribution in [2.24, 2.45) is 0 Å². The molecule has 0 saturated heterocycles. The first-order valence-electron chi connectivity index (χ1n) is 5.51. The summed E-state index contributed by atoms with van der Waals surface area (Å²) >= 11 is 0. The Hall–Kier alpha value is -0.940.